The lowest BCUT2D eigenvalue weighted by atomic mass is 9.94. The van der Waals surface area contributed by atoms with Gasteiger partial charge in [-0.25, -0.2) is 4.39 Å². The lowest BCUT2D eigenvalue weighted by Gasteiger charge is -2.43. The van der Waals surface area contributed by atoms with E-state index in [0.717, 1.165) is 18.8 Å². The highest BCUT2D eigenvalue weighted by molar-refractivity contribution is 6.31. The minimum absolute atomic E-state index is 0.214. The monoisotopic (exact) mass is 254 g/mol. The first-order chi connectivity index (χ1) is 8.22. The molecule has 0 radical (unpaired) electrons. The molecule has 17 heavy (non-hydrogen) atoms. The Kier molecular flexibility index (Phi) is 2.97. The summed E-state index contributed by atoms with van der Waals surface area (Å²) in [5.41, 5.74) is 1.04. The SMILES string of the molecule is Fc1ccc(N2CC3CCCC(C2)N3)cc1Cl. The van der Waals surface area contributed by atoms with E-state index < -0.39 is 0 Å². The van der Waals surface area contributed by atoms with Crippen LogP contribution in [-0.4, -0.2) is 25.2 Å². The zero-order valence-corrected chi connectivity index (χ0v) is 10.4. The van der Waals surface area contributed by atoms with Gasteiger partial charge in [0.05, 0.1) is 5.02 Å². The van der Waals surface area contributed by atoms with E-state index in [1.54, 1.807) is 6.07 Å². The Hall–Kier alpha value is -0.800. The number of anilines is 1. The molecule has 2 atom stereocenters. The molecule has 4 heteroatoms. The fourth-order valence-electron chi connectivity index (χ4n) is 2.90. The third kappa shape index (κ3) is 2.26. The maximum absolute atomic E-state index is 13.1. The van der Waals surface area contributed by atoms with Crippen molar-refractivity contribution in [3.63, 3.8) is 0 Å². The summed E-state index contributed by atoms with van der Waals surface area (Å²) in [6.45, 7) is 2.00. The van der Waals surface area contributed by atoms with Crippen LogP contribution in [0.4, 0.5) is 10.1 Å². The summed E-state index contributed by atoms with van der Waals surface area (Å²) in [5.74, 6) is -0.342. The average molecular weight is 255 g/mol. The normalized spacial score (nSPS) is 28.2. The second-order valence-electron chi connectivity index (χ2n) is 4.99. The van der Waals surface area contributed by atoms with Crippen molar-refractivity contribution in [3.8, 4) is 0 Å². The fourth-order valence-corrected chi connectivity index (χ4v) is 3.07. The highest BCUT2D eigenvalue weighted by Crippen LogP contribution is 2.27. The molecule has 2 nitrogen and oxygen atoms in total. The van der Waals surface area contributed by atoms with E-state index in [1.165, 1.54) is 25.3 Å². The van der Waals surface area contributed by atoms with Crippen molar-refractivity contribution in [2.45, 2.75) is 31.3 Å². The number of rotatable bonds is 1. The number of halogens is 2. The van der Waals surface area contributed by atoms with Gasteiger partial charge in [0.1, 0.15) is 5.82 Å². The number of nitrogens with zero attached hydrogens (tertiary/aromatic N) is 1. The summed E-state index contributed by atoms with van der Waals surface area (Å²) < 4.78 is 13.1. The van der Waals surface area contributed by atoms with Crippen molar-refractivity contribution < 1.29 is 4.39 Å². The molecule has 2 fully saturated rings. The molecule has 3 rings (SSSR count). The van der Waals surface area contributed by atoms with Crippen molar-refractivity contribution in [2.24, 2.45) is 0 Å². The van der Waals surface area contributed by atoms with E-state index in [0.29, 0.717) is 12.1 Å². The van der Waals surface area contributed by atoms with Gasteiger partial charge in [-0.15, -0.1) is 0 Å². The maximum atomic E-state index is 13.1. The highest BCUT2D eigenvalue weighted by Gasteiger charge is 2.29. The topological polar surface area (TPSA) is 15.3 Å². The number of nitrogens with one attached hydrogen (secondary N) is 1. The van der Waals surface area contributed by atoms with Gasteiger partial charge in [0.25, 0.3) is 0 Å². The Bertz CT molecular complexity index is 412. The van der Waals surface area contributed by atoms with Crippen molar-refractivity contribution in [1.82, 2.24) is 5.32 Å². The maximum Gasteiger partial charge on any atom is 0.141 e. The van der Waals surface area contributed by atoms with Crippen LogP contribution >= 0.6 is 11.6 Å². The molecular weight excluding hydrogens is 239 g/mol. The van der Waals surface area contributed by atoms with Crippen LogP contribution in [0.5, 0.6) is 0 Å². The molecule has 1 aromatic carbocycles. The van der Waals surface area contributed by atoms with Gasteiger partial charge in [-0.3, -0.25) is 0 Å². The van der Waals surface area contributed by atoms with E-state index >= 15 is 0 Å². The van der Waals surface area contributed by atoms with Crippen LogP contribution in [0.2, 0.25) is 5.02 Å². The van der Waals surface area contributed by atoms with Gasteiger partial charge < -0.3 is 10.2 Å². The lowest BCUT2D eigenvalue weighted by Crippen LogP contribution is -2.58. The van der Waals surface area contributed by atoms with E-state index in [4.69, 9.17) is 11.6 Å². The quantitative estimate of drug-likeness (QED) is 0.829. The van der Waals surface area contributed by atoms with E-state index in [9.17, 15) is 4.39 Å². The zero-order valence-electron chi connectivity index (χ0n) is 9.63. The molecule has 2 heterocycles. The predicted molar refractivity (Wildman–Crippen MR) is 68.2 cm³/mol. The van der Waals surface area contributed by atoms with Gasteiger partial charge in [-0.1, -0.05) is 18.0 Å². The lowest BCUT2D eigenvalue weighted by molar-refractivity contribution is 0.283. The number of hydrogen-bond donors (Lipinski definition) is 1. The number of piperazine rings is 1. The molecule has 0 spiro atoms. The number of fused-ring (bicyclic) bond motifs is 2. The number of hydrogen-bond acceptors (Lipinski definition) is 2. The number of benzene rings is 1. The Morgan fingerprint density at radius 1 is 1.24 bits per heavy atom. The summed E-state index contributed by atoms with van der Waals surface area (Å²) >= 11 is 5.84. The second kappa shape index (κ2) is 4.46. The van der Waals surface area contributed by atoms with Gasteiger partial charge in [-0.05, 0) is 31.0 Å². The van der Waals surface area contributed by atoms with Crippen molar-refractivity contribution in [2.75, 3.05) is 18.0 Å². The average Bonchev–Trinajstić information content (AvgIpc) is 2.32. The Labute approximate surface area is 106 Å². The third-order valence-corrected chi connectivity index (χ3v) is 4.02. The standard InChI is InChI=1S/C13H16ClFN2/c14-12-6-11(4-5-13(12)15)17-7-9-2-1-3-10(8-17)16-9/h4-6,9-10,16H,1-3,7-8H2. The third-order valence-electron chi connectivity index (χ3n) is 3.73. The largest absolute Gasteiger partial charge is 0.368 e. The predicted octanol–water partition coefficient (Wildman–Crippen LogP) is 2.81. The molecule has 1 N–H and O–H groups in total. The molecule has 2 saturated heterocycles. The zero-order chi connectivity index (χ0) is 11.8. The first-order valence-electron chi connectivity index (χ1n) is 6.18. The molecule has 0 aromatic heterocycles. The van der Waals surface area contributed by atoms with Crippen LogP contribution in [0.1, 0.15) is 19.3 Å². The Balaban J connectivity index is 1.81. The summed E-state index contributed by atoms with van der Waals surface area (Å²) in [7, 11) is 0. The van der Waals surface area contributed by atoms with Crippen LogP contribution in [0.25, 0.3) is 0 Å². The molecule has 1 aromatic rings. The smallest absolute Gasteiger partial charge is 0.141 e. The van der Waals surface area contributed by atoms with E-state index in [-0.39, 0.29) is 10.8 Å². The molecule has 2 aliphatic rings. The molecule has 0 saturated carbocycles. The molecule has 2 unspecified atom stereocenters. The van der Waals surface area contributed by atoms with Crippen LogP contribution in [0.15, 0.2) is 18.2 Å². The van der Waals surface area contributed by atoms with Crippen molar-refractivity contribution in [3.05, 3.63) is 29.0 Å². The van der Waals surface area contributed by atoms with E-state index in [2.05, 4.69) is 10.2 Å². The van der Waals surface area contributed by atoms with Gasteiger partial charge in [-0.2, -0.15) is 0 Å². The van der Waals surface area contributed by atoms with Crippen LogP contribution < -0.4 is 10.2 Å². The van der Waals surface area contributed by atoms with Crippen molar-refractivity contribution in [1.29, 1.82) is 0 Å². The summed E-state index contributed by atoms with van der Waals surface area (Å²) in [6.07, 6.45) is 3.80. The fraction of sp³-hybridized carbons (Fsp3) is 0.538. The minimum Gasteiger partial charge on any atom is -0.368 e. The summed E-state index contributed by atoms with van der Waals surface area (Å²) in [6, 6.07) is 6.16. The molecule has 0 aliphatic carbocycles. The molecule has 2 bridgehead atoms. The van der Waals surface area contributed by atoms with Gasteiger partial charge >= 0.3 is 0 Å². The second-order valence-corrected chi connectivity index (χ2v) is 5.40. The van der Waals surface area contributed by atoms with E-state index in [1.807, 2.05) is 6.07 Å². The Morgan fingerprint density at radius 3 is 2.59 bits per heavy atom. The van der Waals surface area contributed by atoms with Crippen LogP contribution in [0, 0.1) is 5.82 Å². The summed E-state index contributed by atoms with van der Waals surface area (Å²) in [4.78, 5) is 2.32. The van der Waals surface area contributed by atoms with Crippen molar-refractivity contribution >= 4 is 17.3 Å². The first-order valence-corrected chi connectivity index (χ1v) is 6.56. The molecular formula is C13H16ClFN2. The number of piperidine rings is 1. The van der Waals surface area contributed by atoms with Gasteiger partial charge in [0, 0.05) is 30.9 Å². The first kappa shape index (κ1) is 11.3. The molecule has 2 aliphatic heterocycles. The Morgan fingerprint density at radius 2 is 1.94 bits per heavy atom. The molecule has 92 valence electrons. The van der Waals surface area contributed by atoms with Crippen LogP contribution in [0.3, 0.4) is 0 Å². The summed E-state index contributed by atoms with van der Waals surface area (Å²) in [5, 5.41) is 3.84. The van der Waals surface area contributed by atoms with Gasteiger partial charge in [0.2, 0.25) is 0 Å². The van der Waals surface area contributed by atoms with Gasteiger partial charge in [0.15, 0.2) is 0 Å². The van der Waals surface area contributed by atoms with Crippen LogP contribution in [-0.2, 0) is 0 Å². The minimum atomic E-state index is -0.342. The highest BCUT2D eigenvalue weighted by atomic mass is 35.5. The molecule has 0 amide bonds.